The van der Waals surface area contributed by atoms with E-state index in [1.165, 1.54) is 0 Å². The summed E-state index contributed by atoms with van der Waals surface area (Å²) in [5, 5.41) is 11.5. The first-order valence-corrected chi connectivity index (χ1v) is 7.61. The van der Waals surface area contributed by atoms with Crippen LogP contribution in [0.25, 0.3) is 17.1 Å². The van der Waals surface area contributed by atoms with Crippen LogP contribution in [-0.4, -0.2) is 37.8 Å². The van der Waals surface area contributed by atoms with Gasteiger partial charge in [0.05, 0.1) is 18.4 Å². The van der Waals surface area contributed by atoms with Crippen LogP contribution in [0.2, 0.25) is 0 Å². The molecule has 0 saturated carbocycles. The maximum atomic E-state index is 12.1. The number of H-pyrrole nitrogens is 1. The van der Waals surface area contributed by atoms with Crippen molar-refractivity contribution in [3.8, 4) is 11.5 Å². The zero-order valence-corrected chi connectivity index (χ0v) is 13.7. The number of piperidine rings is 1. The largest absolute Gasteiger partial charge is 0.334 e. The number of hydrogen-bond acceptors (Lipinski definition) is 7. The molecule has 0 unspecified atom stereocenters. The summed E-state index contributed by atoms with van der Waals surface area (Å²) >= 11 is 0. The Morgan fingerprint density at radius 2 is 2.17 bits per heavy atom. The molecule has 1 aliphatic rings. The van der Waals surface area contributed by atoms with Gasteiger partial charge in [0.15, 0.2) is 5.82 Å². The van der Waals surface area contributed by atoms with Crippen LogP contribution in [-0.2, 0) is 6.54 Å². The lowest BCUT2D eigenvalue weighted by Gasteiger charge is -2.23. The number of hydrogen-bond donors (Lipinski definition) is 3. The molecule has 1 aliphatic heterocycles. The summed E-state index contributed by atoms with van der Waals surface area (Å²) in [6.07, 6.45) is 3.58. The molecule has 4 N–H and O–H groups in total. The van der Waals surface area contributed by atoms with Gasteiger partial charge in [0.2, 0.25) is 0 Å². The van der Waals surface area contributed by atoms with E-state index >= 15 is 0 Å². The lowest BCUT2D eigenvalue weighted by molar-refractivity contribution is 0.423. The average Bonchev–Trinajstić information content (AvgIpc) is 3.21. The van der Waals surface area contributed by atoms with Gasteiger partial charge in [-0.05, 0) is 25.9 Å². The van der Waals surface area contributed by atoms with E-state index in [2.05, 4.69) is 25.5 Å². The van der Waals surface area contributed by atoms with Crippen molar-refractivity contribution in [3.63, 3.8) is 0 Å². The Hall–Kier alpha value is -2.23. The highest BCUT2D eigenvalue weighted by molar-refractivity contribution is 5.85. The average molecular weight is 352 g/mol. The molecule has 4 heterocycles. The summed E-state index contributed by atoms with van der Waals surface area (Å²) in [5.41, 5.74) is 7.43. The Morgan fingerprint density at radius 3 is 2.88 bits per heavy atom. The molecule has 4 rings (SSSR count). The third-order valence-corrected chi connectivity index (χ3v) is 4.17. The summed E-state index contributed by atoms with van der Waals surface area (Å²) in [4.78, 5) is 19.1. The molecule has 0 atom stereocenters. The fraction of sp³-hybridized carbons (Fsp3) is 0.429. The maximum absolute atomic E-state index is 12.1. The lowest BCUT2D eigenvalue weighted by Crippen LogP contribution is -2.28. The first-order valence-electron chi connectivity index (χ1n) is 7.61. The Balaban J connectivity index is 0.00000169. The minimum absolute atomic E-state index is 0. The van der Waals surface area contributed by atoms with Gasteiger partial charge in [-0.3, -0.25) is 4.79 Å². The van der Waals surface area contributed by atoms with E-state index in [-0.39, 0.29) is 24.5 Å². The van der Waals surface area contributed by atoms with Crippen LogP contribution < -0.4 is 16.6 Å². The van der Waals surface area contributed by atoms with Crippen LogP contribution in [0.3, 0.4) is 0 Å². The van der Waals surface area contributed by atoms with Crippen LogP contribution in [0.4, 0.5) is 0 Å². The summed E-state index contributed by atoms with van der Waals surface area (Å²) in [6.45, 7) is 2.08. The van der Waals surface area contributed by atoms with Gasteiger partial charge in [0.25, 0.3) is 11.4 Å². The van der Waals surface area contributed by atoms with E-state index in [1.54, 1.807) is 16.8 Å². The number of nitrogens with zero attached hydrogens (tertiary/aromatic N) is 4. The Kier molecular flexibility index (Phi) is 4.65. The predicted molar refractivity (Wildman–Crippen MR) is 89.1 cm³/mol. The Labute approximate surface area is 143 Å². The number of halogens is 1. The quantitative estimate of drug-likeness (QED) is 0.624. The molecule has 0 bridgehead atoms. The van der Waals surface area contributed by atoms with E-state index in [0.29, 0.717) is 28.8 Å². The molecule has 10 heteroatoms. The van der Waals surface area contributed by atoms with Gasteiger partial charge in [-0.15, -0.1) is 12.4 Å². The van der Waals surface area contributed by atoms with Gasteiger partial charge in [0.1, 0.15) is 11.2 Å². The van der Waals surface area contributed by atoms with Crippen LogP contribution in [0.1, 0.15) is 30.3 Å². The summed E-state index contributed by atoms with van der Waals surface area (Å²) in [7, 11) is 0. The van der Waals surface area contributed by atoms with Crippen LogP contribution in [0, 0.1) is 0 Å². The molecule has 24 heavy (non-hydrogen) atoms. The second-order valence-corrected chi connectivity index (χ2v) is 5.62. The normalized spacial score (nSPS) is 15.5. The molecule has 3 aromatic heterocycles. The second-order valence-electron chi connectivity index (χ2n) is 5.62. The lowest BCUT2D eigenvalue weighted by atomic mass is 9.94. The summed E-state index contributed by atoms with van der Waals surface area (Å²) < 4.78 is 6.97. The van der Waals surface area contributed by atoms with E-state index in [1.807, 2.05) is 0 Å². The first kappa shape index (κ1) is 16.6. The SMILES string of the molecule is Cl.NCc1noc(-c2cnn3c(C4CCNCC4)cc(=O)[nH]c23)n1. The summed E-state index contributed by atoms with van der Waals surface area (Å²) in [6, 6.07) is 1.62. The van der Waals surface area contributed by atoms with Crippen molar-refractivity contribution in [2.24, 2.45) is 5.73 Å². The first-order chi connectivity index (χ1) is 11.3. The van der Waals surface area contributed by atoms with Gasteiger partial charge in [-0.25, -0.2) is 4.52 Å². The highest BCUT2D eigenvalue weighted by atomic mass is 35.5. The van der Waals surface area contributed by atoms with Crippen LogP contribution in [0.15, 0.2) is 21.6 Å². The van der Waals surface area contributed by atoms with Crippen molar-refractivity contribution < 1.29 is 4.52 Å². The minimum atomic E-state index is -0.161. The molecule has 9 nitrogen and oxygen atoms in total. The molecule has 0 spiro atoms. The van der Waals surface area contributed by atoms with Crippen LogP contribution >= 0.6 is 12.4 Å². The number of nitrogens with two attached hydrogens (primary N) is 1. The molecule has 0 aliphatic carbocycles. The molecular formula is C14H18ClN7O2. The zero-order chi connectivity index (χ0) is 15.8. The van der Waals surface area contributed by atoms with E-state index in [4.69, 9.17) is 10.3 Å². The van der Waals surface area contributed by atoms with Crippen molar-refractivity contribution >= 4 is 18.1 Å². The maximum Gasteiger partial charge on any atom is 0.263 e. The molecule has 0 aromatic carbocycles. The Bertz CT molecular complexity index is 894. The number of nitrogens with one attached hydrogen (secondary N) is 2. The Morgan fingerprint density at radius 1 is 1.38 bits per heavy atom. The smallest absolute Gasteiger partial charge is 0.263 e. The third-order valence-electron chi connectivity index (χ3n) is 4.17. The van der Waals surface area contributed by atoms with Crippen molar-refractivity contribution in [1.82, 2.24) is 30.1 Å². The number of fused-ring (bicyclic) bond motifs is 1. The molecule has 1 fully saturated rings. The fourth-order valence-corrected chi connectivity index (χ4v) is 3.02. The molecule has 3 aromatic rings. The topological polar surface area (TPSA) is 127 Å². The number of aromatic nitrogens is 5. The molecule has 0 amide bonds. The second kappa shape index (κ2) is 6.71. The van der Waals surface area contributed by atoms with E-state index < -0.39 is 0 Å². The van der Waals surface area contributed by atoms with Gasteiger partial charge < -0.3 is 20.6 Å². The minimum Gasteiger partial charge on any atom is -0.334 e. The van der Waals surface area contributed by atoms with Crippen molar-refractivity contribution in [1.29, 1.82) is 0 Å². The molecular weight excluding hydrogens is 334 g/mol. The highest BCUT2D eigenvalue weighted by Crippen LogP contribution is 2.27. The third kappa shape index (κ3) is 2.81. The zero-order valence-electron chi connectivity index (χ0n) is 12.9. The van der Waals surface area contributed by atoms with Crippen LogP contribution in [0.5, 0.6) is 0 Å². The van der Waals surface area contributed by atoms with Crippen molar-refractivity contribution in [3.05, 3.63) is 34.1 Å². The molecule has 128 valence electrons. The molecule has 1 saturated heterocycles. The predicted octanol–water partition coefficient (Wildman–Crippen LogP) is 0.420. The fourth-order valence-electron chi connectivity index (χ4n) is 3.02. The highest BCUT2D eigenvalue weighted by Gasteiger charge is 2.22. The van der Waals surface area contributed by atoms with E-state index in [9.17, 15) is 4.79 Å². The van der Waals surface area contributed by atoms with Gasteiger partial charge in [-0.1, -0.05) is 5.16 Å². The van der Waals surface area contributed by atoms with Gasteiger partial charge >= 0.3 is 0 Å². The van der Waals surface area contributed by atoms with Crippen molar-refractivity contribution in [2.75, 3.05) is 13.1 Å². The monoisotopic (exact) mass is 351 g/mol. The van der Waals surface area contributed by atoms with Gasteiger partial charge in [0, 0.05) is 12.0 Å². The summed E-state index contributed by atoms with van der Waals surface area (Å²) in [5.74, 6) is 1.02. The van der Waals surface area contributed by atoms with Crippen molar-refractivity contribution in [2.45, 2.75) is 25.3 Å². The number of aromatic amines is 1. The number of rotatable bonds is 3. The van der Waals surface area contributed by atoms with E-state index in [0.717, 1.165) is 31.6 Å². The molecule has 0 radical (unpaired) electrons. The standard InChI is InChI=1S/C14H17N7O2.ClH/c15-6-11-18-14(23-20-11)9-7-17-21-10(5-12(22)19-13(9)21)8-1-3-16-4-2-8;/h5,7-8,16H,1-4,6,15H2,(H,19,22);1H. The van der Waals surface area contributed by atoms with Gasteiger partial charge in [-0.2, -0.15) is 10.1 Å².